The van der Waals surface area contributed by atoms with Gasteiger partial charge in [-0.05, 0) is 40.2 Å². The van der Waals surface area contributed by atoms with Crippen LogP contribution in [0.25, 0.3) is 0 Å². The number of amides is 1. The maximum absolute atomic E-state index is 12.2. The van der Waals surface area contributed by atoms with Gasteiger partial charge in [-0.15, -0.1) is 11.3 Å². The smallest absolute Gasteiger partial charge is 0.224 e. The maximum Gasteiger partial charge on any atom is 0.224 e. The van der Waals surface area contributed by atoms with Gasteiger partial charge in [0.15, 0.2) is 0 Å². The van der Waals surface area contributed by atoms with E-state index in [0.717, 1.165) is 32.5 Å². The Bertz CT molecular complexity index is 411. The minimum Gasteiger partial charge on any atom is -0.351 e. The van der Waals surface area contributed by atoms with E-state index in [9.17, 15) is 4.79 Å². The van der Waals surface area contributed by atoms with Crippen LogP contribution in [0.4, 0.5) is 0 Å². The topological polar surface area (TPSA) is 45.2 Å². The molecule has 2 heterocycles. The fourth-order valence-corrected chi connectivity index (χ4v) is 3.06. The van der Waals surface area contributed by atoms with E-state index in [2.05, 4.69) is 15.2 Å². The van der Waals surface area contributed by atoms with Crippen molar-refractivity contribution in [3.05, 3.63) is 16.6 Å². The van der Waals surface area contributed by atoms with Crippen LogP contribution >= 0.6 is 11.3 Å². The van der Waals surface area contributed by atoms with E-state index in [1.54, 1.807) is 11.3 Å². The Morgan fingerprint density at radius 1 is 1.58 bits per heavy atom. The summed E-state index contributed by atoms with van der Waals surface area (Å²) in [6.07, 6.45) is 4.02. The fourth-order valence-electron chi connectivity index (χ4n) is 2.43. The number of aromatic nitrogens is 1. The lowest BCUT2D eigenvalue weighted by Gasteiger charge is -2.33. The van der Waals surface area contributed by atoms with Crippen molar-refractivity contribution in [1.82, 2.24) is 15.2 Å². The molecule has 1 aliphatic heterocycles. The van der Waals surface area contributed by atoms with Gasteiger partial charge in [0.25, 0.3) is 0 Å². The summed E-state index contributed by atoms with van der Waals surface area (Å²) in [6, 6.07) is 0. The first-order chi connectivity index (χ1) is 8.94. The lowest BCUT2D eigenvalue weighted by atomic mass is 9.95. The van der Waals surface area contributed by atoms with Gasteiger partial charge in [-0.2, -0.15) is 0 Å². The monoisotopic (exact) mass is 281 g/mol. The largest absolute Gasteiger partial charge is 0.351 e. The number of carbonyl (C=O) groups excluding carboxylic acids is 1. The summed E-state index contributed by atoms with van der Waals surface area (Å²) in [4.78, 5) is 20.0. The van der Waals surface area contributed by atoms with Gasteiger partial charge in [-0.25, -0.2) is 0 Å². The van der Waals surface area contributed by atoms with Gasteiger partial charge in [0.05, 0.1) is 11.4 Å². The highest BCUT2D eigenvalue weighted by molar-refractivity contribution is 7.09. The molecule has 1 unspecified atom stereocenters. The highest BCUT2D eigenvalue weighted by atomic mass is 32.1. The van der Waals surface area contributed by atoms with Gasteiger partial charge in [0.2, 0.25) is 5.91 Å². The second kappa shape index (κ2) is 6.01. The Kier molecular flexibility index (Phi) is 4.58. The molecular formula is C14H23N3OS. The molecule has 0 saturated carbocycles. The molecule has 4 nitrogen and oxygen atoms in total. The Morgan fingerprint density at radius 3 is 3.00 bits per heavy atom. The van der Waals surface area contributed by atoms with Crippen LogP contribution in [0.3, 0.4) is 0 Å². The van der Waals surface area contributed by atoms with Crippen LogP contribution in [-0.4, -0.2) is 34.4 Å². The number of rotatable bonds is 3. The van der Waals surface area contributed by atoms with E-state index in [-0.39, 0.29) is 17.4 Å². The molecule has 1 saturated heterocycles. The van der Waals surface area contributed by atoms with Crippen molar-refractivity contribution >= 4 is 17.2 Å². The number of hydrogen-bond donors (Lipinski definition) is 1. The molecule has 0 aliphatic carbocycles. The lowest BCUT2D eigenvalue weighted by Crippen LogP contribution is -2.48. The van der Waals surface area contributed by atoms with Gasteiger partial charge in [-0.3, -0.25) is 14.7 Å². The normalized spacial score (nSPS) is 21.3. The first kappa shape index (κ1) is 14.5. The molecule has 1 fully saturated rings. The molecule has 5 heteroatoms. The first-order valence-electron chi connectivity index (χ1n) is 6.86. The second-order valence-electron chi connectivity index (χ2n) is 6.28. The van der Waals surface area contributed by atoms with Crippen LogP contribution in [0.15, 0.2) is 11.7 Å². The van der Waals surface area contributed by atoms with Crippen molar-refractivity contribution in [1.29, 1.82) is 0 Å². The maximum atomic E-state index is 12.2. The Labute approximate surface area is 119 Å². The van der Waals surface area contributed by atoms with Crippen molar-refractivity contribution < 1.29 is 4.79 Å². The zero-order valence-corrected chi connectivity index (χ0v) is 12.8. The Morgan fingerprint density at radius 2 is 2.37 bits per heavy atom. The first-order valence-corrected chi connectivity index (χ1v) is 7.74. The summed E-state index contributed by atoms with van der Waals surface area (Å²) >= 11 is 1.68. The van der Waals surface area contributed by atoms with E-state index in [0.29, 0.717) is 0 Å². The van der Waals surface area contributed by atoms with Crippen LogP contribution in [0.5, 0.6) is 0 Å². The van der Waals surface area contributed by atoms with Gasteiger partial charge < -0.3 is 5.32 Å². The van der Waals surface area contributed by atoms with Crippen molar-refractivity contribution in [3.8, 4) is 0 Å². The third-order valence-corrected chi connectivity index (χ3v) is 4.00. The molecule has 2 rings (SSSR count). The highest BCUT2D eigenvalue weighted by Crippen LogP contribution is 2.20. The third kappa shape index (κ3) is 4.58. The number of likely N-dealkylation sites (tertiary alicyclic amines) is 1. The molecule has 0 aromatic carbocycles. The van der Waals surface area contributed by atoms with Crippen LogP contribution in [-0.2, 0) is 11.3 Å². The minimum absolute atomic E-state index is 0.126. The van der Waals surface area contributed by atoms with Crippen molar-refractivity contribution in [3.63, 3.8) is 0 Å². The van der Waals surface area contributed by atoms with Gasteiger partial charge in [0, 0.05) is 29.7 Å². The van der Waals surface area contributed by atoms with Crippen LogP contribution in [0.2, 0.25) is 0 Å². The lowest BCUT2D eigenvalue weighted by molar-refractivity contribution is -0.128. The number of thiazole rings is 1. The highest BCUT2D eigenvalue weighted by Gasteiger charge is 2.28. The molecule has 1 amide bonds. The summed E-state index contributed by atoms with van der Waals surface area (Å²) in [5.74, 6) is 0.322. The molecule has 1 aliphatic rings. The minimum atomic E-state index is -0.142. The molecule has 19 heavy (non-hydrogen) atoms. The molecule has 1 aromatic heterocycles. The SMILES string of the molecule is CC(C)(C)NC(=O)C1CCCN(Cc2cncs2)C1. The van der Waals surface area contributed by atoms with Crippen LogP contribution in [0, 0.1) is 5.92 Å². The average Bonchev–Trinajstić information content (AvgIpc) is 2.80. The quantitative estimate of drug-likeness (QED) is 0.924. The summed E-state index contributed by atoms with van der Waals surface area (Å²) in [5.41, 5.74) is 1.72. The predicted octanol–water partition coefficient (Wildman–Crippen LogP) is 2.27. The van der Waals surface area contributed by atoms with Gasteiger partial charge >= 0.3 is 0 Å². The molecular weight excluding hydrogens is 258 g/mol. The molecule has 0 radical (unpaired) electrons. The molecule has 0 spiro atoms. The Hall–Kier alpha value is -0.940. The van der Waals surface area contributed by atoms with Crippen molar-refractivity contribution in [2.24, 2.45) is 5.92 Å². The van der Waals surface area contributed by atoms with E-state index in [1.807, 2.05) is 32.5 Å². The van der Waals surface area contributed by atoms with E-state index in [4.69, 9.17) is 0 Å². The molecule has 106 valence electrons. The third-order valence-electron chi connectivity index (χ3n) is 3.24. The molecule has 1 aromatic rings. The van der Waals surface area contributed by atoms with Crippen molar-refractivity contribution in [2.45, 2.75) is 45.7 Å². The molecule has 0 bridgehead atoms. The van der Waals surface area contributed by atoms with E-state index >= 15 is 0 Å². The fraction of sp³-hybridized carbons (Fsp3) is 0.714. The summed E-state index contributed by atoms with van der Waals surface area (Å²) in [6.45, 7) is 8.95. The van der Waals surface area contributed by atoms with E-state index < -0.39 is 0 Å². The number of nitrogens with zero attached hydrogens (tertiary/aromatic N) is 2. The van der Waals surface area contributed by atoms with Crippen LogP contribution < -0.4 is 5.32 Å². The number of hydrogen-bond acceptors (Lipinski definition) is 4. The summed E-state index contributed by atoms with van der Waals surface area (Å²) in [7, 11) is 0. The zero-order chi connectivity index (χ0) is 13.9. The van der Waals surface area contributed by atoms with Gasteiger partial charge in [-0.1, -0.05) is 0 Å². The predicted molar refractivity (Wildman–Crippen MR) is 78.0 cm³/mol. The number of carbonyl (C=O) groups is 1. The van der Waals surface area contributed by atoms with Gasteiger partial charge in [0.1, 0.15) is 0 Å². The molecule has 1 N–H and O–H groups in total. The summed E-state index contributed by atoms with van der Waals surface area (Å²) < 4.78 is 0. The number of nitrogens with one attached hydrogen (secondary N) is 1. The average molecular weight is 281 g/mol. The number of piperidine rings is 1. The van der Waals surface area contributed by atoms with Crippen molar-refractivity contribution in [2.75, 3.05) is 13.1 Å². The Balaban J connectivity index is 1.88. The standard InChI is InChI=1S/C14H23N3OS/c1-14(2,3)16-13(18)11-5-4-6-17(8-11)9-12-7-15-10-19-12/h7,10-11H,4-6,8-9H2,1-3H3,(H,16,18). The van der Waals surface area contributed by atoms with E-state index in [1.165, 1.54) is 4.88 Å². The summed E-state index contributed by atoms with van der Waals surface area (Å²) in [5, 5.41) is 3.09. The zero-order valence-electron chi connectivity index (χ0n) is 12.0. The molecule has 1 atom stereocenters. The second-order valence-corrected chi connectivity index (χ2v) is 7.25. The van der Waals surface area contributed by atoms with Crippen LogP contribution in [0.1, 0.15) is 38.5 Å².